The second-order valence-electron chi connectivity index (χ2n) is 5.97. The van der Waals surface area contributed by atoms with Crippen LogP contribution in [0.1, 0.15) is 8.30 Å². The summed E-state index contributed by atoms with van der Waals surface area (Å²) in [4.78, 5) is 22.8. The molecule has 11 heteroatoms. The number of aromatic nitrogens is 2. The molecule has 0 bridgehead atoms. The minimum atomic E-state index is -4.09. The van der Waals surface area contributed by atoms with Crippen molar-refractivity contribution in [3.63, 3.8) is 0 Å². The van der Waals surface area contributed by atoms with Gasteiger partial charge in [-0.1, -0.05) is 12.1 Å². The van der Waals surface area contributed by atoms with Crippen LogP contribution in [-0.4, -0.2) is 46.6 Å². The van der Waals surface area contributed by atoms with Gasteiger partial charge in [-0.25, -0.2) is 26.4 Å². The number of nitrogens with zero attached hydrogens (tertiary/aromatic N) is 2. The largest absolute Gasteiger partial charge is 0.478 e. The summed E-state index contributed by atoms with van der Waals surface area (Å²) in [6.07, 6.45) is 4.90. The molecular weight excluding hydrogens is 441 g/mol. The Bertz CT molecular complexity index is 1300. The van der Waals surface area contributed by atoms with Crippen LogP contribution >= 0.6 is 0 Å². The summed E-state index contributed by atoms with van der Waals surface area (Å²) >= 11 is 0. The highest BCUT2D eigenvalue weighted by Gasteiger charge is 2.23. The predicted octanol–water partition coefficient (Wildman–Crippen LogP) is 2.36. The molecule has 2 heterocycles. The number of rotatable bonds is 7. The molecule has 0 amide bonds. The maximum absolute atomic E-state index is 14.3. The molecule has 0 saturated heterocycles. The zero-order valence-corrected chi connectivity index (χ0v) is 17.5. The Balaban J connectivity index is 0.000000440. The molecule has 0 aliphatic heterocycles. The van der Waals surface area contributed by atoms with Gasteiger partial charge in [-0.2, -0.15) is 0 Å². The average Bonchev–Trinajstić information content (AvgIpc) is 3.26. The van der Waals surface area contributed by atoms with Gasteiger partial charge in [0.1, 0.15) is 10.7 Å². The molecule has 0 spiro atoms. The van der Waals surface area contributed by atoms with Gasteiger partial charge < -0.3 is 15.5 Å². The summed E-state index contributed by atoms with van der Waals surface area (Å²) in [6, 6.07) is 9.92. The number of hydrogen-bond acceptors (Lipinski definition) is 6. The Kier molecular flexibility index (Phi) is 7.34. The lowest BCUT2D eigenvalue weighted by Crippen LogP contribution is -2.14. The first-order chi connectivity index (χ1) is 15.9. The number of aliphatic carboxylic acids is 2. The van der Waals surface area contributed by atoms with E-state index in [4.69, 9.17) is 13.0 Å². The molecule has 1 aromatic carbocycles. The number of nitrogens with one attached hydrogen (secondary N) is 1. The van der Waals surface area contributed by atoms with Crippen molar-refractivity contribution < 1.29 is 35.4 Å². The lowest BCUT2D eigenvalue weighted by Gasteiger charge is -2.10. The molecule has 3 N–H and O–H groups in total. The van der Waals surface area contributed by atoms with E-state index in [2.05, 4.69) is 10.3 Å². The number of carboxylic acids is 2. The fourth-order valence-electron chi connectivity index (χ4n) is 2.48. The summed E-state index contributed by atoms with van der Waals surface area (Å²) in [5.41, 5.74) is 0.143. The monoisotopic (exact) mass is 463 g/mol. The van der Waals surface area contributed by atoms with E-state index >= 15 is 0 Å². The van der Waals surface area contributed by atoms with Gasteiger partial charge in [-0.05, 0) is 42.9 Å². The first kappa shape index (κ1) is 21.4. The Labute approximate surface area is 186 Å². The lowest BCUT2D eigenvalue weighted by atomic mass is 10.1. The van der Waals surface area contributed by atoms with Gasteiger partial charge in [0, 0.05) is 45.5 Å². The van der Waals surface area contributed by atoms with Gasteiger partial charge in [0.2, 0.25) is 0 Å². The zero-order chi connectivity index (χ0) is 25.5. The van der Waals surface area contributed by atoms with Crippen LogP contribution in [-0.2, 0) is 26.1 Å². The van der Waals surface area contributed by atoms with Crippen LogP contribution < -0.4 is 5.32 Å². The van der Waals surface area contributed by atoms with Gasteiger partial charge in [-0.15, -0.1) is 0 Å². The highest BCUT2D eigenvalue weighted by atomic mass is 32.2. The van der Waals surface area contributed by atoms with Crippen molar-refractivity contribution in [2.24, 2.45) is 0 Å². The number of pyridine rings is 1. The van der Waals surface area contributed by atoms with Crippen molar-refractivity contribution in [3.8, 4) is 11.3 Å². The first-order valence-electron chi connectivity index (χ1n) is 9.86. The van der Waals surface area contributed by atoms with E-state index in [-0.39, 0.29) is 21.7 Å². The minimum Gasteiger partial charge on any atom is -0.478 e. The number of carboxylic acid groups (broad SMARTS) is 2. The summed E-state index contributed by atoms with van der Waals surface area (Å²) in [7, 11) is -2.68. The predicted molar refractivity (Wildman–Crippen MR) is 114 cm³/mol. The van der Waals surface area contributed by atoms with Gasteiger partial charge in [0.25, 0.3) is 10.0 Å². The van der Waals surface area contributed by atoms with Crippen molar-refractivity contribution in [1.29, 1.82) is 0 Å². The molecule has 0 aliphatic carbocycles. The van der Waals surface area contributed by atoms with E-state index in [9.17, 15) is 22.4 Å². The second-order valence-corrected chi connectivity index (χ2v) is 7.78. The maximum Gasteiger partial charge on any atom is 0.328 e. The number of halogens is 1. The van der Waals surface area contributed by atoms with Crippen LogP contribution in [0.3, 0.4) is 0 Å². The zero-order valence-electron chi connectivity index (χ0n) is 18.6. The van der Waals surface area contributed by atoms with Crippen molar-refractivity contribution >= 4 is 22.0 Å². The van der Waals surface area contributed by atoms with Crippen LogP contribution in [0.5, 0.6) is 0 Å². The number of benzene rings is 1. The van der Waals surface area contributed by atoms with E-state index in [0.717, 1.165) is 10.2 Å². The average molecular weight is 463 g/mol. The second kappa shape index (κ2) is 11.0. The Hall–Kier alpha value is -3.83. The van der Waals surface area contributed by atoms with Crippen molar-refractivity contribution in [3.05, 3.63) is 84.6 Å². The van der Waals surface area contributed by atoms with Crippen molar-refractivity contribution in [2.45, 2.75) is 11.4 Å². The van der Waals surface area contributed by atoms with E-state index in [0.29, 0.717) is 12.2 Å². The molecule has 0 fully saturated rings. The summed E-state index contributed by atoms with van der Waals surface area (Å²) in [5.74, 6) is -3.12. The van der Waals surface area contributed by atoms with E-state index in [1.807, 2.05) is 0 Å². The van der Waals surface area contributed by atoms with E-state index in [1.54, 1.807) is 6.07 Å². The molecule has 0 radical (unpaired) electrons. The highest BCUT2D eigenvalue weighted by Crippen LogP contribution is 2.28. The van der Waals surface area contributed by atoms with Gasteiger partial charge in [0.05, 0.1) is 5.69 Å². The molecule has 9 nitrogen and oxygen atoms in total. The summed E-state index contributed by atoms with van der Waals surface area (Å²) in [6.45, 7) is -1.99. The number of hydrogen-bond donors (Lipinski definition) is 3. The van der Waals surface area contributed by atoms with Crippen LogP contribution in [0.2, 0.25) is 0 Å². The molecule has 0 unspecified atom stereocenters. The standard InChI is InChI=1S/C17H16FN3O2S.C4H4O4/c1-19-10-13-9-17(15-6-2-3-7-16(15)18)21(12-13)24(22,23)14-5-4-8-20-11-14;5-3(6)1-2-4(7)8/h2-9,11-12,19H,10H2,1H3;1-2H,(H,5,6)(H,7,8)/b;2-1+/i10D2;. The molecule has 168 valence electrons. The summed E-state index contributed by atoms with van der Waals surface area (Å²) in [5, 5.41) is 18.1. The quantitative estimate of drug-likeness (QED) is 0.454. The van der Waals surface area contributed by atoms with Gasteiger partial charge >= 0.3 is 11.9 Å². The fourth-order valence-corrected chi connectivity index (χ4v) is 3.81. The molecule has 3 rings (SSSR count). The molecule has 0 aliphatic rings. The maximum atomic E-state index is 14.3. The molecule has 0 atom stereocenters. The lowest BCUT2D eigenvalue weighted by molar-refractivity contribution is -0.134. The Morgan fingerprint density at radius 2 is 1.84 bits per heavy atom. The third-order valence-corrected chi connectivity index (χ3v) is 5.42. The Morgan fingerprint density at radius 3 is 2.38 bits per heavy atom. The third kappa shape index (κ3) is 6.33. The molecule has 0 saturated carbocycles. The van der Waals surface area contributed by atoms with Crippen LogP contribution in [0.25, 0.3) is 11.3 Å². The smallest absolute Gasteiger partial charge is 0.328 e. The van der Waals surface area contributed by atoms with Gasteiger partial charge in [-0.3, -0.25) is 4.98 Å². The highest BCUT2D eigenvalue weighted by molar-refractivity contribution is 7.90. The molecular formula is C21H20FN3O6S. The van der Waals surface area contributed by atoms with Crippen molar-refractivity contribution in [2.75, 3.05) is 7.05 Å². The molecule has 2 aromatic heterocycles. The van der Waals surface area contributed by atoms with Crippen LogP contribution in [0.4, 0.5) is 4.39 Å². The number of carbonyl (C=O) groups is 2. The topological polar surface area (TPSA) is 139 Å². The molecule has 3 aromatic rings. The van der Waals surface area contributed by atoms with Crippen LogP contribution in [0.15, 0.2) is 78.1 Å². The minimum absolute atomic E-state index is 0.0288. The van der Waals surface area contributed by atoms with E-state index < -0.39 is 34.3 Å². The van der Waals surface area contributed by atoms with Crippen LogP contribution in [0, 0.1) is 5.82 Å². The third-order valence-electron chi connectivity index (χ3n) is 3.76. The Morgan fingerprint density at radius 1 is 1.19 bits per heavy atom. The van der Waals surface area contributed by atoms with Crippen molar-refractivity contribution in [1.82, 2.24) is 14.3 Å². The fraction of sp³-hybridized carbons (Fsp3) is 0.0952. The van der Waals surface area contributed by atoms with E-state index in [1.165, 1.54) is 55.8 Å². The normalized spacial score (nSPS) is 12.4. The summed E-state index contributed by atoms with van der Waals surface area (Å²) < 4.78 is 57.2. The molecule has 32 heavy (non-hydrogen) atoms. The van der Waals surface area contributed by atoms with Gasteiger partial charge in [0.15, 0.2) is 0 Å². The SMILES string of the molecule is O=C(O)/C=C/C(=O)O.[2H]C([2H])(NC)c1cc(-c2ccccc2F)n(S(=O)(=O)c2cccnc2)c1. The first-order valence-corrected chi connectivity index (χ1v) is 10.3.